The van der Waals surface area contributed by atoms with E-state index in [0.29, 0.717) is 19.6 Å². The number of methoxy groups -OCH3 is 1. The SMILES string of the molecule is COc1ccc(NC(=O)N2CCCC(C(=O)NCCC3=CCCCC3)C2)cc1. The molecule has 1 fully saturated rings. The number of allylic oxidation sites excluding steroid dienone is 1. The molecule has 2 N–H and O–H groups in total. The van der Waals surface area contributed by atoms with Gasteiger partial charge in [-0.15, -0.1) is 0 Å². The van der Waals surface area contributed by atoms with Crippen LogP contribution in [0.4, 0.5) is 10.5 Å². The molecular formula is C22H31N3O3. The molecule has 0 saturated carbocycles. The van der Waals surface area contributed by atoms with E-state index in [0.717, 1.165) is 30.7 Å². The molecule has 1 aliphatic heterocycles. The molecule has 1 aromatic rings. The Kier molecular flexibility index (Phi) is 7.34. The van der Waals surface area contributed by atoms with Crippen LogP contribution in [0.25, 0.3) is 0 Å². The number of rotatable bonds is 6. The molecule has 2 aliphatic rings. The molecule has 0 radical (unpaired) electrons. The Labute approximate surface area is 167 Å². The molecule has 3 amide bonds. The molecule has 1 aromatic carbocycles. The number of likely N-dealkylation sites (tertiary alicyclic amines) is 1. The van der Waals surface area contributed by atoms with Gasteiger partial charge in [0.1, 0.15) is 5.75 Å². The second kappa shape index (κ2) is 10.2. The highest BCUT2D eigenvalue weighted by Gasteiger charge is 2.28. The third kappa shape index (κ3) is 5.75. The Bertz CT molecular complexity index is 699. The van der Waals surface area contributed by atoms with Crippen molar-refractivity contribution in [2.75, 3.05) is 32.1 Å². The topological polar surface area (TPSA) is 70.7 Å². The molecule has 152 valence electrons. The average molecular weight is 386 g/mol. The van der Waals surface area contributed by atoms with Crippen LogP contribution >= 0.6 is 0 Å². The molecule has 28 heavy (non-hydrogen) atoms. The number of nitrogens with zero attached hydrogens (tertiary/aromatic N) is 1. The molecule has 0 aromatic heterocycles. The lowest BCUT2D eigenvalue weighted by molar-refractivity contribution is -0.126. The fourth-order valence-corrected chi connectivity index (χ4v) is 3.87. The van der Waals surface area contributed by atoms with E-state index in [2.05, 4.69) is 16.7 Å². The second-order valence-electron chi connectivity index (χ2n) is 7.59. The summed E-state index contributed by atoms with van der Waals surface area (Å²) in [6.45, 7) is 1.84. The molecule has 1 atom stereocenters. The molecule has 0 spiro atoms. The summed E-state index contributed by atoms with van der Waals surface area (Å²) in [6, 6.07) is 7.08. The zero-order valence-electron chi connectivity index (χ0n) is 16.7. The number of hydrogen-bond donors (Lipinski definition) is 2. The number of carbonyl (C=O) groups is 2. The standard InChI is InChI=1S/C22H31N3O3/c1-28-20-11-9-19(10-12-20)24-22(27)25-15-5-8-18(16-25)21(26)23-14-13-17-6-3-2-4-7-17/h6,9-12,18H,2-5,7-8,13-16H2,1H3,(H,23,26)(H,24,27). The van der Waals surface area contributed by atoms with Crippen LogP contribution in [0.1, 0.15) is 44.9 Å². The van der Waals surface area contributed by atoms with Gasteiger partial charge in [0.25, 0.3) is 0 Å². The number of nitrogens with one attached hydrogen (secondary N) is 2. The molecule has 3 rings (SSSR count). The van der Waals surface area contributed by atoms with E-state index in [-0.39, 0.29) is 17.9 Å². The van der Waals surface area contributed by atoms with Crippen molar-refractivity contribution in [1.29, 1.82) is 0 Å². The zero-order valence-corrected chi connectivity index (χ0v) is 16.7. The summed E-state index contributed by atoms with van der Waals surface area (Å²) in [5.41, 5.74) is 2.19. The van der Waals surface area contributed by atoms with Crippen molar-refractivity contribution in [2.24, 2.45) is 5.92 Å². The van der Waals surface area contributed by atoms with E-state index in [1.54, 1.807) is 12.0 Å². The number of ether oxygens (including phenoxy) is 1. The van der Waals surface area contributed by atoms with Crippen LogP contribution in [0, 0.1) is 5.92 Å². The van der Waals surface area contributed by atoms with Gasteiger partial charge in [0.2, 0.25) is 5.91 Å². The van der Waals surface area contributed by atoms with E-state index in [9.17, 15) is 9.59 Å². The van der Waals surface area contributed by atoms with Crippen LogP contribution in [0.2, 0.25) is 0 Å². The summed E-state index contributed by atoms with van der Waals surface area (Å²) in [6.07, 6.45) is 9.83. The van der Waals surface area contributed by atoms with Crippen molar-refractivity contribution >= 4 is 17.6 Å². The van der Waals surface area contributed by atoms with Crippen molar-refractivity contribution in [1.82, 2.24) is 10.2 Å². The Morgan fingerprint density at radius 3 is 2.71 bits per heavy atom. The summed E-state index contributed by atoms with van der Waals surface area (Å²) in [7, 11) is 1.61. The predicted molar refractivity (Wildman–Crippen MR) is 110 cm³/mol. The third-order valence-corrected chi connectivity index (χ3v) is 5.55. The van der Waals surface area contributed by atoms with Gasteiger partial charge in [-0.3, -0.25) is 4.79 Å². The summed E-state index contributed by atoms with van der Waals surface area (Å²) in [5.74, 6) is 0.686. The normalized spacial score (nSPS) is 19.5. The van der Waals surface area contributed by atoms with Gasteiger partial charge in [-0.05, 0) is 69.2 Å². The van der Waals surface area contributed by atoms with Gasteiger partial charge >= 0.3 is 6.03 Å². The zero-order chi connectivity index (χ0) is 19.8. The lowest BCUT2D eigenvalue weighted by atomic mass is 9.96. The first kappa shape index (κ1) is 20.2. The molecular weight excluding hydrogens is 354 g/mol. The van der Waals surface area contributed by atoms with Gasteiger partial charge < -0.3 is 20.3 Å². The molecule has 1 aliphatic carbocycles. The minimum Gasteiger partial charge on any atom is -0.497 e. The van der Waals surface area contributed by atoms with Crippen molar-refractivity contribution < 1.29 is 14.3 Å². The van der Waals surface area contributed by atoms with Crippen LogP contribution in [0.5, 0.6) is 5.75 Å². The fraction of sp³-hybridized carbons (Fsp3) is 0.545. The van der Waals surface area contributed by atoms with Gasteiger partial charge in [0.15, 0.2) is 0 Å². The maximum atomic E-state index is 12.6. The van der Waals surface area contributed by atoms with Gasteiger partial charge in [-0.2, -0.15) is 0 Å². The Balaban J connectivity index is 1.44. The number of anilines is 1. The summed E-state index contributed by atoms with van der Waals surface area (Å²) >= 11 is 0. The average Bonchev–Trinajstić information content (AvgIpc) is 2.75. The fourth-order valence-electron chi connectivity index (χ4n) is 3.87. The van der Waals surface area contributed by atoms with Gasteiger partial charge in [0, 0.05) is 25.3 Å². The minimum atomic E-state index is -0.157. The van der Waals surface area contributed by atoms with Crippen molar-refractivity contribution in [3.63, 3.8) is 0 Å². The molecule has 1 heterocycles. The Morgan fingerprint density at radius 1 is 1.18 bits per heavy atom. The van der Waals surface area contributed by atoms with E-state index in [4.69, 9.17) is 4.74 Å². The third-order valence-electron chi connectivity index (χ3n) is 5.55. The molecule has 6 heteroatoms. The highest BCUT2D eigenvalue weighted by Crippen LogP contribution is 2.21. The summed E-state index contributed by atoms with van der Waals surface area (Å²) < 4.78 is 5.13. The van der Waals surface area contributed by atoms with Crippen LogP contribution in [-0.2, 0) is 4.79 Å². The summed E-state index contributed by atoms with van der Waals surface area (Å²) in [5, 5.41) is 5.97. The van der Waals surface area contributed by atoms with Crippen LogP contribution in [0.15, 0.2) is 35.9 Å². The summed E-state index contributed by atoms with van der Waals surface area (Å²) in [4.78, 5) is 26.8. The largest absolute Gasteiger partial charge is 0.497 e. The monoisotopic (exact) mass is 385 g/mol. The van der Waals surface area contributed by atoms with Crippen molar-refractivity contribution in [2.45, 2.75) is 44.9 Å². The highest BCUT2D eigenvalue weighted by molar-refractivity contribution is 5.90. The number of urea groups is 1. The smallest absolute Gasteiger partial charge is 0.321 e. The van der Waals surface area contributed by atoms with Crippen LogP contribution in [-0.4, -0.2) is 43.6 Å². The first-order valence-corrected chi connectivity index (χ1v) is 10.3. The second-order valence-corrected chi connectivity index (χ2v) is 7.59. The lowest BCUT2D eigenvalue weighted by Gasteiger charge is -2.32. The van der Waals surface area contributed by atoms with E-state index >= 15 is 0 Å². The maximum Gasteiger partial charge on any atom is 0.321 e. The first-order valence-electron chi connectivity index (χ1n) is 10.3. The van der Waals surface area contributed by atoms with Crippen LogP contribution < -0.4 is 15.4 Å². The van der Waals surface area contributed by atoms with Crippen molar-refractivity contribution in [3.05, 3.63) is 35.9 Å². The van der Waals surface area contributed by atoms with Gasteiger partial charge in [-0.1, -0.05) is 11.6 Å². The Morgan fingerprint density at radius 2 is 2.00 bits per heavy atom. The number of benzene rings is 1. The van der Waals surface area contributed by atoms with Gasteiger partial charge in [-0.25, -0.2) is 4.79 Å². The number of carbonyl (C=O) groups excluding carboxylic acids is 2. The van der Waals surface area contributed by atoms with Crippen molar-refractivity contribution in [3.8, 4) is 5.75 Å². The number of amides is 3. The minimum absolute atomic E-state index is 0.0679. The van der Waals surface area contributed by atoms with E-state index in [1.165, 1.54) is 31.3 Å². The maximum absolute atomic E-state index is 12.6. The van der Waals surface area contributed by atoms with E-state index in [1.807, 2.05) is 24.3 Å². The van der Waals surface area contributed by atoms with Crippen LogP contribution in [0.3, 0.4) is 0 Å². The Hall–Kier alpha value is -2.50. The molecule has 6 nitrogen and oxygen atoms in total. The predicted octanol–water partition coefficient (Wildman–Crippen LogP) is 3.95. The lowest BCUT2D eigenvalue weighted by Crippen LogP contribution is -2.47. The molecule has 1 unspecified atom stereocenters. The molecule has 0 bridgehead atoms. The first-order chi connectivity index (χ1) is 13.7. The van der Waals surface area contributed by atoms with E-state index < -0.39 is 0 Å². The quantitative estimate of drug-likeness (QED) is 0.729. The highest BCUT2D eigenvalue weighted by atomic mass is 16.5. The molecule has 1 saturated heterocycles. The number of hydrogen-bond acceptors (Lipinski definition) is 3. The van der Waals surface area contributed by atoms with Gasteiger partial charge in [0.05, 0.1) is 13.0 Å². The number of piperidine rings is 1.